The molecule has 1 aliphatic carbocycles. The van der Waals surface area contributed by atoms with Crippen LogP contribution in [0.5, 0.6) is 0 Å². The molecule has 0 bridgehead atoms. The molecular formula is C16H26N2O2. The highest BCUT2D eigenvalue weighted by molar-refractivity contribution is 5.14. The highest BCUT2D eigenvalue weighted by Gasteiger charge is 2.46. The molecule has 1 unspecified atom stereocenters. The molecule has 1 spiro atoms. The zero-order chi connectivity index (χ0) is 14.4. The van der Waals surface area contributed by atoms with E-state index in [1.165, 1.54) is 19.3 Å². The second-order valence-corrected chi connectivity index (χ2v) is 7.58. The molecule has 4 nitrogen and oxygen atoms in total. The van der Waals surface area contributed by atoms with Gasteiger partial charge in [-0.2, -0.15) is 0 Å². The Hall–Kier alpha value is -0.870. The van der Waals surface area contributed by atoms with Crippen LogP contribution in [0, 0.1) is 0 Å². The quantitative estimate of drug-likeness (QED) is 0.903. The van der Waals surface area contributed by atoms with Gasteiger partial charge in [-0.25, -0.2) is 0 Å². The normalized spacial score (nSPS) is 26.7. The molecule has 20 heavy (non-hydrogen) atoms. The first-order valence-electron chi connectivity index (χ1n) is 7.78. The summed E-state index contributed by atoms with van der Waals surface area (Å²) in [5, 5.41) is 14.2. The minimum absolute atomic E-state index is 0.0114. The van der Waals surface area contributed by atoms with Gasteiger partial charge in [0.25, 0.3) is 0 Å². The second-order valence-electron chi connectivity index (χ2n) is 7.58. The van der Waals surface area contributed by atoms with Gasteiger partial charge in [0.15, 0.2) is 0 Å². The van der Waals surface area contributed by atoms with E-state index in [9.17, 15) is 5.11 Å². The van der Waals surface area contributed by atoms with Crippen LogP contribution in [0.25, 0.3) is 0 Å². The second kappa shape index (κ2) is 4.85. The van der Waals surface area contributed by atoms with Gasteiger partial charge in [0, 0.05) is 30.1 Å². The van der Waals surface area contributed by atoms with E-state index >= 15 is 0 Å². The van der Waals surface area contributed by atoms with E-state index in [0.717, 1.165) is 37.4 Å². The standard InChI is InChI=1S/C16H26N2O2/c1-15(2,3)14-9-12(17-20-14)11-18-8-5-13(19)10-16(18)6-4-7-16/h9,13,19H,4-8,10-11H2,1-3H3. The van der Waals surface area contributed by atoms with Crippen molar-refractivity contribution in [2.45, 2.75) is 76.5 Å². The molecule has 1 aromatic heterocycles. The van der Waals surface area contributed by atoms with E-state index < -0.39 is 0 Å². The van der Waals surface area contributed by atoms with E-state index in [-0.39, 0.29) is 17.1 Å². The minimum atomic E-state index is -0.117. The lowest BCUT2D eigenvalue weighted by molar-refractivity contribution is -0.0710. The molecule has 0 radical (unpaired) electrons. The summed E-state index contributed by atoms with van der Waals surface area (Å²) < 4.78 is 5.49. The largest absolute Gasteiger partial charge is 0.393 e. The number of piperidine rings is 1. The van der Waals surface area contributed by atoms with Crippen LogP contribution in [-0.4, -0.2) is 33.4 Å². The molecule has 4 heteroatoms. The third kappa shape index (κ3) is 2.51. The SMILES string of the molecule is CC(C)(C)c1cc(CN2CCC(O)CC23CCC3)no1. The molecule has 112 valence electrons. The van der Waals surface area contributed by atoms with E-state index in [0.29, 0.717) is 0 Å². The van der Waals surface area contributed by atoms with Crippen molar-refractivity contribution >= 4 is 0 Å². The monoisotopic (exact) mass is 278 g/mol. The number of hydrogen-bond acceptors (Lipinski definition) is 4. The summed E-state index contributed by atoms with van der Waals surface area (Å²) >= 11 is 0. The molecule has 3 rings (SSSR count). The van der Waals surface area contributed by atoms with Crippen molar-refractivity contribution in [3.63, 3.8) is 0 Å². The Balaban J connectivity index is 1.72. The maximum atomic E-state index is 9.94. The fourth-order valence-electron chi connectivity index (χ4n) is 3.50. The van der Waals surface area contributed by atoms with Gasteiger partial charge in [-0.3, -0.25) is 4.90 Å². The average Bonchev–Trinajstić information content (AvgIpc) is 2.77. The van der Waals surface area contributed by atoms with Crippen molar-refractivity contribution in [1.82, 2.24) is 10.1 Å². The summed E-state index contributed by atoms with van der Waals surface area (Å²) in [6.07, 6.45) is 5.41. The summed E-state index contributed by atoms with van der Waals surface area (Å²) in [5.41, 5.74) is 1.27. The van der Waals surface area contributed by atoms with Crippen LogP contribution in [-0.2, 0) is 12.0 Å². The zero-order valence-corrected chi connectivity index (χ0v) is 12.9. The van der Waals surface area contributed by atoms with Crippen LogP contribution in [0.4, 0.5) is 0 Å². The van der Waals surface area contributed by atoms with Gasteiger partial charge in [-0.15, -0.1) is 0 Å². The molecule has 0 aromatic carbocycles. The van der Waals surface area contributed by atoms with Crippen LogP contribution in [0.3, 0.4) is 0 Å². The molecule has 1 saturated carbocycles. The Kier molecular flexibility index (Phi) is 3.41. The van der Waals surface area contributed by atoms with Gasteiger partial charge in [-0.05, 0) is 32.1 Å². The van der Waals surface area contributed by atoms with Crippen LogP contribution in [0.2, 0.25) is 0 Å². The number of hydrogen-bond donors (Lipinski definition) is 1. The lowest BCUT2D eigenvalue weighted by Gasteiger charge is -2.54. The number of likely N-dealkylation sites (tertiary alicyclic amines) is 1. The van der Waals surface area contributed by atoms with Crippen molar-refractivity contribution < 1.29 is 9.63 Å². The third-order valence-corrected chi connectivity index (χ3v) is 4.95. The molecule has 2 fully saturated rings. The average molecular weight is 278 g/mol. The summed E-state index contributed by atoms with van der Waals surface area (Å²) in [4.78, 5) is 2.52. The van der Waals surface area contributed by atoms with E-state index in [2.05, 4.69) is 36.9 Å². The van der Waals surface area contributed by atoms with Gasteiger partial charge < -0.3 is 9.63 Å². The van der Waals surface area contributed by atoms with Crippen molar-refractivity contribution in [2.24, 2.45) is 0 Å². The van der Waals surface area contributed by atoms with E-state index in [1.54, 1.807) is 0 Å². The van der Waals surface area contributed by atoms with Crippen molar-refractivity contribution in [3.8, 4) is 0 Å². The first-order valence-corrected chi connectivity index (χ1v) is 7.78. The Morgan fingerprint density at radius 3 is 2.75 bits per heavy atom. The fourth-order valence-corrected chi connectivity index (χ4v) is 3.50. The molecule has 0 amide bonds. The summed E-state index contributed by atoms with van der Waals surface area (Å²) in [5.74, 6) is 0.951. The Morgan fingerprint density at radius 1 is 1.45 bits per heavy atom. The predicted molar refractivity (Wildman–Crippen MR) is 77.4 cm³/mol. The number of aliphatic hydroxyl groups excluding tert-OH is 1. The number of aromatic nitrogens is 1. The zero-order valence-electron chi connectivity index (χ0n) is 12.9. The third-order valence-electron chi connectivity index (χ3n) is 4.95. The van der Waals surface area contributed by atoms with Crippen molar-refractivity contribution in [2.75, 3.05) is 6.54 Å². The van der Waals surface area contributed by atoms with Crippen LogP contribution in [0.15, 0.2) is 10.6 Å². The van der Waals surface area contributed by atoms with Crippen LogP contribution in [0.1, 0.15) is 64.3 Å². The van der Waals surface area contributed by atoms with Crippen molar-refractivity contribution in [1.29, 1.82) is 0 Å². The van der Waals surface area contributed by atoms with Gasteiger partial charge in [-0.1, -0.05) is 25.9 Å². The van der Waals surface area contributed by atoms with Crippen LogP contribution < -0.4 is 0 Å². The Labute approximate surface area is 121 Å². The molecule has 1 saturated heterocycles. The molecule has 1 N–H and O–H groups in total. The number of rotatable bonds is 2. The lowest BCUT2D eigenvalue weighted by Crippen LogP contribution is -2.58. The Morgan fingerprint density at radius 2 is 2.20 bits per heavy atom. The molecule has 1 aliphatic heterocycles. The maximum absolute atomic E-state index is 9.94. The van der Waals surface area contributed by atoms with Gasteiger partial charge in [0.1, 0.15) is 5.76 Å². The molecule has 2 heterocycles. The minimum Gasteiger partial charge on any atom is -0.393 e. The number of aliphatic hydroxyl groups is 1. The lowest BCUT2D eigenvalue weighted by atomic mass is 9.69. The smallest absolute Gasteiger partial charge is 0.142 e. The molecule has 1 atom stereocenters. The highest BCUT2D eigenvalue weighted by atomic mass is 16.5. The van der Waals surface area contributed by atoms with Crippen LogP contribution >= 0.6 is 0 Å². The number of nitrogens with zero attached hydrogens (tertiary/aromatic N) is 2. The topological polar surface area (TPSA) is 49.5 Å². The fraction of sp³-hybridized carbons (Fsp3) is 0.812. The first kappa shape index (κ1) is 14.1. The summed E-state index contributed by atoms with van der Waals surface area (Å²) in [6.45, 7) is 8.25. The first-order chi connectivity index (χ1) is 9.39. The van der Waals surface area contributed by atoms with E-state index in [4.69, 9.17) is 4.52 Å². The maximum Gasteiger partial charge on any atom is 0.142 e. The molecule has 2 aliphatic rings. The van der Waals surface area contributed by atoms with Crippen molar-refractivity contribution in [3.05, 3.63) is 17.5 Å². The Bertz CT molecular complexity index is 471. The summed E-state index contributed by atoms with van der Waals surface area (Å²) in [7, 11) is 0. The van der Waals surface area contributed by atoms with Gasteiger partial charge in [0.2, 0.25) is 0 Å². The van der Waals surface area contributed by atoms with E-state index in [1.807, 2.05) is 0 Å². The predicted octanol–water partition coefficient (Wildman–Crippen LogP) is 2.85. The van der Waals surface area contributed by atoms with Gasteiger partial charge >= 0.3 is 0 Å². The summed E-state index contributed by atoms with van der Waals surface area (Å²) in [6, 6.07) is 2.09. The van der Waals surface area contributed by atoms with Gasteiger partial charge in [0.05, 0.1) is 11.8 Å². The molecule has 1 aromatic rings. The molecular weight excluding hydrogens is 252 g/mol. The highest BCUT2D eigenvalue weighted by Crippen LogP contribution is 2.45.